The molecule has 0 aliphatic heterocycles. The molecule has 1 atom stereocenters. The lowest BCUT2D eigenvalue weighted by Crippen LogP contribution is -2.21. The van der Waals surface area contributed by atoms with Crippen LogP contribution in [0.3, 0.4) is 0 Å². The summed E-state index contributed by atoms with van der Waals surface area (Å²) in [6.45, 7) is 5.25. The lowest BCUT2D eigenvalue weighted by atomic mass is 10.0. The highest BCUT2D eigenvalue weighted by atomic mass is 15.1. The summed E-state index contributed by atoms with van der Waals surface area (Å²) < 4.78 is 0. The second-order valence-electron chi connectivity index (χ2n) is 5.95. The van der Waals surface area contributed by atoms with Gasteiger partial charge in [0, 0.05) is 25.3 Å². The van der Waals surface area contributed by atoms with Gasteiger partial charge in [0.15, 0.2) is 0 Å². The molecule has 0 aliphatic rings. The molecular formula is C19H26N2. The summed E-state index contributed by atoms with van der Waals surface area (Å²) in [5.74, 6) is 0. The van der Waals surface area contributed by atoms with E-state index in [-0.39, 0.29) is 6.04 Å². The monoisotopic (exact) mass is 282 g/mol. The summed E-state index contributed by atoms with van der Waals surface area (Å²) in [6, 6.07) is 17.5. The number of rotatable bonds is 6. The van der Waals surface area contributed by atoms with Gasteiger partial charge in [-0.3, -0.25) is 0 Å². The van der Waals surface area contributed by atoms with Gasteiger partial charge in [-0.05, 0) is 55.5 Å². The van der Waals surface area contributed by atoms with E-state index in [1.165, 1.54) is 22.4 Å². The third kappa shape index (κ3) is 4.61. The first kappa shape index (κ1) is 15.6. The Bertz CT molecular complexity index is 561. The molecule has 2 N–H and O–H groups in total. The maximum Gasteiger partial charge on any atom is 0.0366 e. The molecule has 112 valence electrons. The summed E-state index contributed by atoms with van der Waals surface area (Å²) >= 11 is 0. The van der Waals surface area contributed by atoms with Crippen molar-refractivity contribution >= 4 is 5.69 Å². The number of benzene rings is 2. The summed E-state index contributed by atoms with van der Waals surface area (Å²) in [5, 5.41) is 0. The summed E-state index contributed by atoms with van der Waals surface area (Å²) in [4.78, 5) is 2.32. The van der Waals surface area contributed by atoms with Crippen molar-refractivity contribution in [2.75, 3.05) is 18.5 Å². The van der Waals surface area contributed by atoms with E-state index in [0.29, 0.717) is 0 Å². The molecule has 2 heteroatoms. The molecule has 0 amide bonds. The smallest absolute Gasteiger partial charge is 0.0366 e. The zero-order valence-corrected chi connectivity index (χ0v) is 13.3. The highest BCUT2D eigenvalue weighted by Gasteiger charge is 2.06. The van der Waals surface area contributed by atoms with Crippen LogP contribution in [0.5, 0.6) is 0 Å². The van der Waals surface area contributed by atoms with Gasteiger partial charge in [-0.2, -0.15) is 0 Å². The minimum atomic E-state index is 0.213. The standard InChI is InChI=1S/C19H26N2/c1-15-13-19(10-9-18(15)14-16(2)20)21(3)12-11-17-7-5-4-6-8-17/h4-10,13,16H,11-12,14,20H2,1-3H3. The van der Waals surface area contributed by atoms with Crippen molar-refractivity contribution in [2.45, 2.75) is 32.7 Å². The first-order valence-electron chi connectivity index (χ1n) is 7.66. The van der Waals surface area contributed by atoms with Crippen LogP contribution in [-0.2, 0) is 12.8 Å². The first-order chi connectivity index (χ1) is 10.1. The van der Waals surface area contributed by atoms with E-state index < -0.39 is 0 Å². The van der Waals surface area contributed by atoms with Gasteiger partial charge >= 0.3 is 0 Å². The van der Waals surface area contributed by atoms with Gasteiger partial charge in [0.1, 0.15) is 0 Å². The molecule has 1 unspecified atom stereocenters. The molecule has 0 radical (unpaired) electrons. The van der Waals surface area contributed by atoms with Crippen LogP contribution >= 0.6 is 0 Å². The minimum absolute atomic E-state index is 0.213. The van der Waals surface area contributed by atoms with Gasteiger partial charge in [-0.25, -0.2) is 0 Å². The average molecular weight is 282 g/mol. The van der Waals surface area contributed by atoms with E-state index in [1.54, 1.807) is 0 Å². The second kappa shape index (κ2) is 7.28. The van der Waals surface area contributed by atoms with Crippen molar-refractivity contribution in [2.24, 2.45) is 5.73 Å². The van der Waals surface area contributed by atoms with Crippen molar-refractivity contribution in [3.8, 4) is 0 Å². The maximum absolute atomic E-state index is 5.89. The number of hydrogen-bond acceptors (Lipinski definition) is 2. The summed E-state index contributed by atoms with van der Waals surface area (Å²) in [5.41, 5.74) is 11.2. The zero-order chi connectivity index (χ0) is 15.2. The van der Waals surface area contributed by atoms with Gasteiger partial charge in [0.2, 0.25) is 0 Å². The Morgan fingerprint density at radius 1 is 1.10 bits per heavy atom. The molecule has 2 aromatic rings. The Balaban J connectivity index is 1.99. The fourth-order valence-corrected chi connectivity index (χ4v) is 2.56. The van der Waals surface area contributed by atoms with Gasteiger partial charge in [-0.15, -0.1) is 0 Å². The Morgan fingerprint density at radius 2 is 1.81 bits per heavy atom. The van der Waals surface area contributed by atoms with Crippen molar-refractivity contribution in [1.29, 1.82) is 0 Å². The number of aryl methyl sites for hydroxylation is 1. The predicted molar refractivity (Wildman–Crippen MR) is 91.9 cm³/mol. The third-order valence-electron chi connectivity index (χ3n) is 3.89. The van der Waals surface area contributed by atoms with E-state index in [0.717, 1.165) is 19.4 Å². The molecular weight excluding hydrogens is 256 g/mol. The summed E-state index contributed by atoms with van der Waals surface area (Å²) in [6.07, 6.45) is 2.01. The topological polar surface area (TPSA) is 29.3 Å². The fourth-order valence-electron chi connectivity index (χ4n) is 2.56. The van der Waals surface area contributed by atoms with E-state index >= 15 is 0 Å². The number of nitrogens with two attached hydrogens (primary N) is 1. The van der Waals surface area contributed by atoms with E-state index in [4.69, 9.17) is 5.73 Å². The van der Waals surface area contributed by atoms with Crippen LogP contribution in [0, 0.1) is 6.92 Å². The highest BCUT2D eigenvalue weighted by Crippen LogP contribution is 2.19. The maximum atomic E-state index is 5.89. The highest BCUT2D eigenvalue weighted by molar-refractivity contribution is 5.50. The van der Waals surface area contributed by atoms with Crippen LogP contribution in [0.2, 0.25) is 0 Å². The second-order valence-corrected chi connectivity index (χ2v) is 5.95. The van der Waals surface area contributed by atoms with Crippen LogP contribution in [0.25, 0.3) is 0 Å². The van der Waals surface area contributed by atoms with Crippen molar-refractivity contribution in [3.63, 3.8) is 0 Å². The van der Waals surface area contributed by atoms with E-state index in [1.807, 2.05) is 0 Å². The Hall–Kier alpha value is -1.80. The number of anilines is 1. The third-order valence-corrected chi connectivity index (χ3v) is 3.89. The Morgan fingerprint density at radius 3 is 2.43 bits per heavy atom. The normalized spacial score (nSPS) is 12.2. The Kier molecular flexibility index (Phi) is 5.40. The van der Waals surface area contributed by atoms with Gasteiger partial charge in [0.05, 0.1) is 0 Å². The predicted octanol–water partition coefficient (Wildman–Crippen LogP) is 3.56. The largest absolute Gasteiger partial charge is 0.374 e. The molecule has 0 bridgehead atoms. The number of nitrogens with zero attached hydrogens (tertiary/aromatic N) is 1. The zero-order valence-electron chi connectivity index (χ0n) is 13.3. The van der Waals surface area contributed by atoms with Crippen LogP contribution in [0.1, 0.15) is 23.6 Å². The molecule has 21 heavy (non-hydrogen) atoms. The minimum Gasteiger partial charge on any atom is -0.374 e. The van der Waals surface area contributed by atoms with Crippen molar-refractivity contribution in [3.05, 3.63) is 65.2 Å². The van der Waals surface area contributed by atoms with Crippen LogP contribution in [-0.4, -0.2) is 19.6 Å². The lowest BCUT2D eigenvalue weighted by molar-refractivity contribution is 0.734. The van der Waals surface area contributed by atoms with Gasteiger partial charge in [-0.1, -0.05) is 36.4 Å². The Labute approximate surface area is 128 Å². The average Bonchev–Trinajstić information content (AvgIpc) is 2.47. The van der Waals surface area contributed by atoms with Crippen molar-refractivity contribution < 1.29 is 0 Å². The molecule has 0 spiro atoms. The molecule has 2 nitrogen and oxygen atoms in total. The number of likely N-dealkylation sites (N-methyl/N-ethyl adjacent to an activating group) is 1. The lowest BCUT2D eigenvalue weighted by Gasteiger charge is -2.21. The molecule has 0 heterocycles. The van der Waals surface area contributed by atoms with Gasteiger partial charge in [0.25, 0.3) is 0 Å². The molecule has 0 aliphatic carbocycles. The molecule has 0 fully saturated rings. The van der Waals surface area contributed by atoms with E-state index in [2.05, 4.69) is 74.3 Å². The molecule has 2 rings (SSSR count). The summed E-state index contributed by atoms with van der Waals surface area (Å²) in [7, 11) is 2.16. The van der Waals surface area contributed by atoms with E-state index in [9.17, 15) is 0 Å². The van der Waals surface area contributed by atoms with Gasteiger partial charge < -0.3 is 10.6 Å². The van der Waals surface area contributed by atoms with Crippen LogP contribution in [0.15, 0.2) is 48.5 Å². The molecule has 2 aromatic carbocycles. The molecule has 0 saturated carbocycles. The van der Waals surface area contributed by atoms with Crippen LogP contribution in [0.4, 0.5) is 5.69 Å². The van der Waals surface area contributed by atoms with Crippen molar-refractivity contribution in [1.82, 2.24) is 0 Å². The quantitative estimate of drug-likeness (QED) is 0.877. The molecule has 0 aromatic heterocycles. The SMILES string of the molecule is Cc1cc(N(C)CCc2ccccc2)ccc1CC(C)N. The fraction of sp³-hybridized carbons (Fsp3) is 0.368. The molecule has 0 saturated heterocycles. The van der Waals surface area contributed by atoms with Crippen LogP contribution < -0.4 is 10.6 Å². The number of hydrogen-bond donors (Lipinski definition) is 1. The first-order valence-corrected chi connectivity index (χ1v) is 7.66.